The molecule has 0 bridgehead atoms. The van der Waals surface area contributed by atoms with Gasteiger partial charge in [0.2, 0.25) is 0 Å². The fourth-order valence-electron chi connectivity index (χ4n) is 4.05. The average molecular weight is 363 g/mol. The number of hydrogen-bond donors (Lipinski definition) is 0. The van der Waals surface area contributed by atoms with Gasteiger partial charge < -0.3 is 4.90 Å². The highest BCUT2D eigenvalue weighted by Gasteiger charge is 2.29. The zero-order valence-electron chi connectivity index (χ0n) is 15.3. The summed E-state index contributed by atoms with van der Waals surface area (Å²) in [5.41, 5.74) is 4.53. The molecule has 8 heteroatoms. The summed E-state index contributed by atoms with van der Waals surface area (Å²) in [7, 11) is 0. The molecule has 1 saturated heterocycles. The first-order valence-electron chi connectivity index (χ1n) is 9.51. The van der Waals surface area contributed by atoms with Gasteiger partial charge in [0.1, 0.15) is 5.69 Å². The van der Waals surface area contributed by atoms with Crippen molar-refractivity contribution in [2.75, 3.05) is 13.1 Å². The third-order valence-corrected chi connectivity index (χ3v) is 5.59. The third kappa shape index (κ3) is 2.85. The van der Waals surface area contributed by atoms with Crippen LogP contribution in [0.25, 0.3) is 5.65 Å². The van der Waals surface area contributed by atoms with E-state index >= 15 is 0 Å². The molecule has 8 nitrogen and oxygen atoms in total. The Balaban J connectivity index is 1.32. The predicted molar refractivity (Wildman–Crippen MR) is 97.5 cm³/mol. The highest BCUT2D eigenvalue weighted by atomic mass is 16.2. The van der Waals surface area contributed by atoms with Gasteiger partial charge in [-0.2, -0.15) is 9.61 Å². The molecule has 3 aromatic heterocycles. The number of hydrogen-bond acceptors (Lipinski definition) is 6. The van der Waals surface area contributed by atoms with Crippen molar-refractivity contribution in [1.82, 2.24) is 34.7 Å². The molecular weight excluding hydrogens is 342 g/mol. The number of carbonyl (C=O) groups excluding carboxylic acids is 1. The molecule has 0 saturated carbocycles. The van der Waals surface area contributed by atoms with Crippen LogP contribution in [0.4, 0.5) is 0 Å². The highest BCUT2D eigenvalue weighted by Crippen LogP contribution is 2.29. The quantitative estimate of drug-likeness (QED) is 0.689. The van der Waals surface area contributed by atoms with Crippen LogP contribution in [0.2, 0.25) is 0 Å². The highest BCUT2D eigenvalue weighted by molar-refractivity contribution is 5.92. The number of amides is 1. The summed E-state index contributed by atoms with van der Waals surface area (Å²) in [6, 6.07) is 2.13. The molecule has 0 atom stereocenters. The van der Waals surface area contributed by atoms with E-state index in [0.717, 1.165) is 42.8 Å². The first-order chi connectivity index (χ1) is 13.2. The molecule has 0 aromatic carbocycles. The number of piperidine rings is 1. The van der Waals surface area contributed by atoms with Gasteiger partial charge in [0.15, 0.2) is 11.5 Å². The number of fused-ring (bicyclic) bond motifs is 2. The van der Waals surface area contributed by atoms with E-state index in [1.54, 1.807) is 12.4 Å². The van der Waals surface area contributed by atoms with E-state index in [2.05, 4.69) is 26.2 Å². The summed E-state index contributed by atoms with van der Waals surface area (Å²) in [4.78, 5) is 22.9. The molecule has 0 unspecified atom stereocenters. The van der Waals surface area contributed by atoms with Crippen molar-refractivity contribution in [1.29, 1.82) is 0 Å². The van der Waals surface area contributed by atoms with Gasteiger partial charge in [0.25, 0.3) is 5.91 Å². The summed E-state index contributed by atoms with van der Waals surface area (Å²) in [6.45, 7) is 3.22. The Morgan fingerprint density at radius 2 is 1.96 bits per heavy atom. The first-order valence-corrected chi connectivity index (χ1v) is 9.51. The van der Waals surface area contributed by atoms with Gasteiger partial charge in [-0.15, -0.1) is 10.2 Å². The fraction of sp³-hybridized carbons (Fsp3) is 0.474. The zero-order valence-corrected chi connectivity index (χ0v) is 15.3. The lowest BCUT2D eigenvalue weighted by Gasteiger charge is -2.30. The van der Waals surface area contributed by atoms with Crippen LogP contribution in [0.5, 0.6) is 0 Å². The summed E-state index contributed by atoms with van der Waals surface area (Å²) in [5, 5.41) is 13.5. The Morgan fingerprint density at radius 1 is 1.11 bits per heavy atom. The second kappa shape index (κ2) is 6.37. The second-order valence-electron chi connectivity index (χ2n) is 7.41. The van der Waals surface area contributed by atoms with Crippen molar-refractivity contribution < 1.29 is 4.79 Å². The van der Waals surface area contributed by atoms with E-state index < -0.39 is 0 Å². The van der Waals surface area contributed by atoms with Crippen molar-refractivity contribution in [3.63, 3.8) is 0 Å². The molecule has 3 aromatic rings. The van der Waals surface area contributed by atoms with Crippen LogP contribution in [0.1, 0.15) is 58.4 Å². The topological polar surface area (TPSA) is 89.2 Å². The average Bonchev–Trinajstić information content (AvgIpc) is 3.32. The number of carbonyl (C=O) groups is 1. The van der Waals surface area contributed by atoms with Crippen molar-refractivity contribution in [2.45, 2.75) is 44.9 Å². The monoisotopic (exact) mass is 363 g/mol. The summed E-state index contributed by atoms with van der Waals surface area (Å²) < 4.78 is 1.91. The van der Waals surface area contributed by atoms with Gasteiger partial charge in [-0.1, -0.05) is 0 Å². The van der Waals surface area contributed by atoms with Gasteiger partial charge in [0, 0.05) is 25.2 Å². The normalized spacial score (nSPS) is 17.4. The van der Waals surface area contributed by atoms with Crippen LogP contribution in [0, 0.1) is 6.92 Å². The van der Waals surface area contributed by atoms with Crippen LogP contribution < -0.4 is 0 Å². The van der Waals surface area contributed by atoms with Gasteiger partial charge in [0.05, 0.1) is 17.6 Å². The van der Waals surface area contributed by atoms with E-state index in [0.29, 0.717) is 18.8 Å². The largest absolute Gasteiger partial charge is 0.337 e. The molecular formula is C19H21N7O. The summed E-state index contributed by atoms with van der Waals surface area (Å²) in [6.07, 6.45) is 8.18. The molecule has 2 aliphatic rings. The van der Waals surface area contributed by atoms with Crippen LogP contribution in [0.3, 0.4) is 0 Å². The Morgan fingerprint density at radius 3 is 2.74 bits per heavy atom. The minimum atomic E-state index is -0.0528. The Bertz CT molecular complexity index is 1000. The molecule has 0 spiro atoms. The molecule has 1 aliphatic carbocycles. The van der Waals surface area contributed by atoms with Gasteiger partial charge in [-0.25, -0.2) is 4.98 Å². The summed E-state index contributed by atoms with van der Waals surface area (Å²) >= 11 is 0. The lowest BCUT2D eigenvalue weighted by atomic mass is 9.96. The lowest BCUT2D eigenvalue weighted by molar-refractivity contribution is 0.0704. The van der Waals surface area contributed by atoms with Crippen molar-refractivity contribution >= 4 is 11.6 Å². The smallest absolute Gasteiger partial charge is 0.274 e. The molecule has 4 heterocycles. The van der Waals surface area contributed by atoms with Gasteiger partial charge in [-0.05, 0) is 50.7 Å². The zero-order chi connectivity index (χ0) is 18.4. The second-order valence-corrected chi connectivity index (χ2v) is 7.41. The van der Waals surface area contributed by atoms with Crippen LogP contribution >= 0.6 is 0 Å². The SMILES string of the molecule is Cc1cnc(C(=O)N2CCC(c3nnc4cc5c(nn34)CCC5)CC2)cn1. The van der Waals surface area contributed by atoms with E-state index in [4.69, 9.17) is 5.10 Å². The molecule has 5 rings (SSSR count). The molecule has 0 N–H and O–H groups in total. The standard InChI is InChI=1S/C19H21N7O/c1-12-10-21-16(11-20-12)19(27)25-7-5-13(6-8-25)18-23-22-17-9-14-3-2-4-15(14)24-26(17)18/h9-11,13H,2-8H2,1H3. The Kier molecular flexibility index (Phi) is 3.84. The maximum absolute atomic E-state index is 12.6. The number of rotatable bonds is 2. The number of aryl methyl sites for hydroxylation is 3. The maximum Gasteiger partial charge on any atom is 0.274 e. The maximum atomic E-state index is 12.6. The van der Waals surface area contributed by atoms with E-state index in [1.165, 1.54) is 17.7 Å². The van der Waals surface area contributed by atoms with Gasteiger partial charge >= 0.3 is 0 Å². The van der Waals surface area contributed by atoms with E-state index in [1.807, 2.05) is 16.3 Å². The van der Waals surface area contributed by atoms with Crippen LogP contribution in [-0.4, -0.2) is 53.7 Å². The van der Waals surface area contributed by atoms with E-state index in [-0.39, 0.29) is 11.8 Å². The van der Waals surface area contributed by atoms with Crippen LogP contribution in [0.15, 0.2) is 18.5 Å². The third-order valence-electron chi connectivity index (χ3n) is 5.59. The number of nitrogens with zero attached hydrogens (tertiary/aromatic N) is 7. The van der Waals surface area contributed by atoms with Crippen molar-refractivity contribution in [2.24, 2.45) is 0 Å². The van der Waals surface area contributed by atoms with Crippen molar-refractivity contribution in [3.8, 4) is 0 Å². The molecule has 1 aliphatic heterocycles. The summed E-state index contributed by atoms with van der Waals surface area (Å²) in [5.74, 6) is 1.13. The molecule has 138 valence electrons. The lowest BCUT2D eigenvalue weighted by Crippen LogP contribution is -2.38. The fourth-order valence-corrected chi connectivity index (χ4v) is 4.05. The number of aromatic nitrogens is 6. The Labute approximate surface area is 156 Å². The minimum absolute atomic E-state index is 0.0528. The van der Waals surface area contributed by atoms with Gasteiger partial charge in [-0.3, -0.25) is 9.78 Å². The molecule has 0 radical (unpaired) electrons. The van der Waals surface area contributed by atoms with Crippen LogP contribution in [-0.2, 0) is 12.8 Å². The van der Waals surface area contributed by atoms with E-state index in [9.17, 15) is 4.79 Å². The van der Waals surface area contributed by atoms with Crippen molar-refractivity contribution in [3.05, 3.63) is 46.9 Å². The number of likely N-dealkylation sites (tertiary alicyclic amines) is 1. The first kappa shape index (κ1) is 16.3. The predicted octanol–water partition coefficient (Wildman–Crippen LogP) is 1.73. The minimum Gasteiger partial charge on any atom is -0.337 e. The molecule has 27 heavy (non-hydrogen) atoms. The molecule has 1 fully saturated rings. The Hall–Kier alpha value is -2.90. The molecule has 1 amide bonds.